The Bertz CT molecular complexity index is 520. The molecule has 1 fully saturated rings. The number of benzene rings is 1. The molecule has 0 N–H and O–H groups in total. The molecule has 5 heteroatoms. The summed E-state index contributed by atoms with van der Waals surface area (Å²) in [5.74, 6) is 0.188. The van der Waals surface area contributed by atoms with Crippen LogP contribution in [0.15, 0.2) is 24.3 Å². The van der Waals surface area contributed by atoms with E-state index in [9.17, 15) is 13.2 Å². The molecule has 0 saturated carbocycles. The van der Waals surface area contributed by atoms with E-state index < -0.39 is 9.84 Å². The van der Waals surface area contributed by atoms with Crippen molar-refractivity contribution < 1.29 is 13.2 Å². The maximum absolute atomic E-state index is 12.0. The van der Waals surface area contributed by atoms with Gasteiger partial charge in [0.1, 0.15) is 0 Å². The molecule has 0 atom stereocenters. The molecular formula is C13H17NO3S. The van der Waals surface area contributed by atoms with Gasteiger partial charge < -0.3 is 4.90 Å². The zero-order valence-electron chi connectivity index (χ0n) is 10.4. The Kier molecular flexibility index (Phi) is 3.71. The fourth-order valence-corrected chi connectivity index (χ4v) is 3.16. The second-order valence-electron chi connectivity index (χ2n) is 4.69. The van der Waals surface area contributed by atoms with Gasteiger partial charge in [-0.15, -0.1) is 0 Å². The molecule has 0 spiro atoms. The van der Waals surface area contributed by atoms with Crippen LogP contribution in [0, 0.1) is 6.92 Å². The summed E-state index contributed by atoms with van der Waals surface area (Å²) < 4.78 is 22.6. The Morgan fingerprint density at radius 2 is 1.72 bits per heavy atom. The quantitative estimate of drug-likeness (QED) is 0.796. The first-order valence-electron chi connectivity index (χ1n) is 6.00. The molecule has 2 rings (SSSR count). The van der Waals surface area contributed by atoms with Gasteiger partial charge in [0.05, 0.1) is 17.9 Å². The molecule has 98 valence electrons. The van der Waals surface area contributed by atoms with E-state index in [0.717, 1.165) is 11.1 Å². The third kappa shape index (κ3) is 3.32. The van der Waals surface area contributed by atoms with Gasteiger partial charge in [-0.25, -0.2) is 8.42 Å². The van der Waals surface area contributed by atoms with Gasteiger partial charge in [0.25, 0.3) is 0 Å². The van der Waals surface area contributed by atoms with E-state index in [0.29, 0.717) is 19.5 Å². The van der Waals surface area contributed by atoms with Crippen molar-refractivity contribution in [1.29, 1.82) is 0 Å². The molecule has 0 bridgehead atoms. The Morgan fingerprint density at radius 3 is 2.28 bits per heavy atom. The van der Waals surface area contributed by atoms with Crippen LogP contribution in [0.1, 0.15) is 11.1 Å². The number of aryl methyl sites for hydroxylation is 1. The number of carbonyl (C=O) groups excluding carboxylic acids is 1. The van der Waals surface area contributed by atoms with Crippen molar-refractivity contribution in [1.82, 2.24) is 4.90 Å². The molecule has 1 aromatic rings. The van der Waals surface area contributed by atoms with Gasteiger partial charge in [-0.2, -0.15) is 0 Å². The largest absolute Gasteiger partial charge is 0.340 e. The predicted molar refractivity (Wildman–Crippen MR) is 70.1 cm³/mol. The van der Waals surface area contributed by atoms with Gasteiger partial charge in [-0.05, 0) is 12.5 Å². The Morgan fingerprint density at radius 1 is 1.17 bits per heavy atom. The molecule has 0 unspecified atom stereocenters. The van der Waals surface area contributed by atoms with Crippen molar-refractivity contribution >= 4 is 15.7 Å². The molecule has 1 saturated heterocycles. The molecule has 0 aliphatic carbocycles. The third-order valence-corrected chi connectivity index (χ3v) is 4.78. The molecular weight excluding hydrogens is 250 g/mol. The predicted octanol–water partition coefficient (Wildman–Crippen LogP) is 0.795. The minimum atomic E-state index is -2.92. The van der Waals surface area contributed by atoms with Crippen molar-refractivity contribution in [2.24, 2.45) is 0 Å². The van der Waals surface area contributed by atoms with Crippen LogP contribution in [-0.2, 0) is 21.1 Å². The number of hydrogen-bond acceptors (Lipinski definition) is 3. The molecule has 0 aromatic heterocycles. The van der Waals surface area contributed by atoms with Crippen molar-refractivity contribution in [2.45, 2.75) is 13.3 Å². The van der Waals surface area contributed by atoms with Gasteiger partial charge in [0, 0.05) is 13.1 Å². The molecule has 4 nitrogen and oxygen atoms in total. The summed E-state index contributed by atoms with van der Waals surface area (Å²) in [7, 11) is -2.92. The number of rotatable bonds is 2. The molecule has 1 aromatic carbocycles. The molecule has 1 heterocycles. The van der Waals surface area contributed by atoms with Crippen LogP contribution >= 0.6 is 0 Å². The second-order valence-corrected chi connectivity index (χ2v) is 7.00. The number of hydrogen-bond donors (Lipinski definition) is 0. The average molecular weight is 267 g/mol. The molecule has 1 aliphatic heterocycles. The summed E-state index contributed by atoms with van der Waals surface area (Å²) >= 11 is 0. The Balaban J connectivity index is 1.95. The van der Waals surface area contributed by atoms with Gasteiger partial charge >= 0.3 is 0 Å². The van der Waals surface area contributed by atoms with Crippen LogP contribution < -0.4 is 0 Å². The molecule has 18 heavy (non-hydrogen) atoms. The zero-order chi connectivity index (χ0) is 13.2. The summed E-state index contributed by atoms with van der Waals surface area (Å²) in [6.07, 6.45) is 0.348. The Labute approximate surface area is 108 Å². The summed E-state index contributed by atoms with van der Waals surface area (Å²) in [5.41, 5.74) is 2.13. The lowest BCUT2D eigenvalue weighted by atomic mass is 10.1. The van der Waals surface area contributed by atoms with E-state index in [1.54, 1.807) is 4.90 Å². The molecule has 1 aliphatic rings. The fourth-order valence-electron chi connectivity index (χ4n) is 1.95. The second kappa shape index (κ2) is 5.10. The van der Waals surface area contributed by atoms with Crippen LogP contribution in [-0.4, -0.2) is 43.8 Å². The van der Waals surface area contributed by atoms with Gasteiger partial charge in [0.15, 0.2) is 9.84 Å². The van der Waals surface area contributed by atoms with Crippen molar-refractivity contribution in [3.8, 4) is 0 Å². The summed E-state index contributed by atoms with van der Waals surface area (Å²) in [5, 5.41) is 0. The van der Waals surface area contributed by atoms with Gasteiger partial charge in [-0.3, -0.25) is 4.79 Å². The molecule has 1 amide bonds. The van der Waals surface area contributed by atoms with E-state index >= 15 is 0 Å². The smallest absolute Gasteiger partial charge is 0.227 e. The lowest BCUT2D eigenvalue weighted by Gasteiger charge is -2.26. The monoisotopic (exact) mass is 267 g/mol. The summed E-state index contributed by atoms with van der Waals surface area (Å²) in [4.78, 5) is 13.6. The summed E-state index contributed by atoms with van der Waals surface area (Å²) in [6, 6.07) is 7.83. The van der Waals surface area contributed by atoms with E-state index in [1.807, 2.05) is 31.2 Å². The lowest BCUT2D eigenvalue weighted by molar-refractivity contribution is -0.130. The van der Waals surface area contributed by atoms with Crippen LogP contribution in [0.5, 0.6) is 0 Å². The topological polar surface area (TPSA) is 54.5 Å². The third-order valence-electron chi connectivity index (χ3n) is 3.17. The van der Waals surface area contributed by atoms with E-state index in [2.05, 4.69) is 0 Å². The maximum atomic E-state index is 12.0. The first-order valence-corrected chi connectivity index (χ1v) is 7.82. The van der Waals surface area contributed by atoms with Crippen molar-refractivity contribution in [3.05, 3.63) is 35.4 Å². The minimum Gasteiger partial charge on any atom is -0.340 e. The number of amides is 1. The van der Waals surface area contributed by atoms with Crippen LogP contribution in [0.3, 0.4) is 0 Å². The average Bonchev–Trinajstić information content (AvgIpc) is 2.32. The first kappa shape index (κ1) is 13.1. The van der Waals surface area contributed by atoms with Crippen LogP contribution in [0.2, 0.25) is 0 Å². The van der Waals surface area contributed by atoms with Crippen molar-refractivity contribution in [2.75, 3.05) is 24.6 Å². The van der Waals surface area contributed by atoms with E-state index in [-0.39, 0.29) is 17.4 Å². The van der Waals surface area contributed by atoms with Gasteiger partial charge in [0.2, 0.25) is 5.91 Å². The van der Waals surface area contributed by atoms with Gasteiger partial charge in [-0.1, -0.05) is 29.8 Å². The number of nitrogens with zero attached hydrogens (tertiary/aromatic N) is 1. The Hall–Kier alpha value is -1.36. The van der Waals surface area contributed by atoms with Crippen molar-refractivity contribution in [3.63, 3.8) is 0 Å². The van der Waals surface area contributed by atoms with Crippen LogP contribution in [0.4, 0.5) is 0 Å². The fraction of sp³-hybridized carbons (Fsp3) is 0.462. The van der Waals surface area contributed by atoms with E-state index in [4.69, 9.17) is 0 Å². The highest BCUT2D eigenvalue weighted by molar-refractivity contribution is 7.91. The zero-order valence-corrected chi connectivity index (χ0v) is 11.2. The number of sulfone groups is 1. The number of carbonyl (C=O) groups is 1. The van der Waals surface area contributed by atoms with E-state index in [1.165, 1.54) is 0 Å². The molecule has 0 radical (unpaired) electrons. The first-order chi connectivity index (χ1) is 8.46. The minimum absolute atomic E-state index is 0.00810. The highest BCUT2D eigenvalue weighted by Crippen LogP contribution is 2.09. The highest BCUT2D eigenvalue weighted by atomic mass is 32.2. The lowest BCUT2D eigenvalue weighted by Crippen LogP contribution is -2.44. The highest BCUT2D eigenvalue weighted by Gasteiger charge is 2.24. The standard InChI is InChI=1S/C13H17NO3S/c1-11-2-4-12(5-3-11)10-13(15)14-6-8-18(16,17)9-7-14/h2-5H,6-10H2,1H3. The SMILES string of the molecule is Cc1ccc(CC(=O)N2CCS(=O)(=O)CC2)cc1. The normalized spacial score (nSPS) is 18.6. The summed E-state index contributed by atoms with van der Waals surface area (Å²) in [6.45, 7) is 2.65. The maximum Gasteiger partial charge on any atom is 0.227 e. The van der Waals surface area contributed by atoms with Crippen LogP contribution in [0.25, 0.3) is 0 Å².